The van der Waals surface area contributed by atoms with Crippen LogP contribution in [0.5, 0.6) is 0 Å². The van der Waals surface area contributed by atoms with E-state index in [1.165, 1.54) is 10.8 Å². The molecule has 0 N–H and O–H groups in total. The van der Waals surface area contributed by atoms with Crippen molar-refractivity contribution in [3.05, 3.63) is 58.6 Å². The molecular weight excluding hydrogens is 326 g/mol. The van der Waals surface area contributed by atoms with Crippen LogP contribution >= 0.6 is 15.9 Å². The van der Waals surface area contributed by atoms with Crippen molar-refractivity contribution in [2.75, 3.05) is 20.6 Å². The van der Waals surface area contributed by atoms with Gasteiger partial charge in [0.05, 0.1) is 6.54 Å². The number of hydrogen-bond acceptors (Lipinski definition) is 2. The van der Waals surface area contributed by atoms with Crippen molar-refractivity contribution < 1.29 is 4.79 Å². The fourth-order valence-corrected chi connectivity index (χ4v) is 3.20. The first kappa shape index (κ1) is 14.2. The second-order valence-corrected chi connectivity index (χ2v) is 6.36. The van der Waals surface area contributed by atoms with Crippen LogP contribution in [0.2, 0.25) is 0 Å². The molecule has 0 aliphatic heterocycles. The quantitative estimate of drug-likeness (QED) is 0.516. The molecule has 0 saturated carbocycles. The normalized spacial score (nSPS) is 11.4. The molecule has 0 heterocycles. The summed E-state index contributed by atoms with van der Waals surface area (Å²) < 4.78 is 1.08. The average Bonchev–Trinajstić information content (AvgIpc) is 2.46. The molecule has 3 heteroatoms. The van der Waals surface area contributed by atoms with Crippen LogP contribution in [0.1, 0.15) is 10.4 Å². The van der Waals surface area contributed by atoms with Crippen molar-refractivity contribution in [3.63, 3.8) is 0 Å². The highest BCUT2D eigenvalue weighted by molar-refractivity contribution is 9.10. The molecule has 3 aromatic carbocycles. The predicted octanol–water partition coefficient (Wildman–Crippen LogP) is 4.50. The Morgan fingerprint density at radius 3 is 2.43 bits per heavy atom. The van der Waals surface area contributed by atoms with Gasteiger partial charge in [-0.1, -0.05) is 52.3 Å². The van der Waals surface area contributed by atoms with Gasteiger partial charge in [-0.3, -0.25) is 4.79 Å². The lowest BCUT2D eigenvalue weighted by atomic mass is 9.98. The Morgan fingerprint density at radius 1 is 1.00 bits per heavy atom. The van der Waals surface area contributed by atoms with Gasteiger partial charge in [0, 0.05) is 10.0 Å². The first-order chi connectivity index (χ1) is 10.1. The van der Waals surface area contributed by atoms with Crippen molar-refractivity contribution in [2.45, 2.75) is 0 Å². The summed E-state index contributed by atoms with van der Waals surface area (Å²) in [5, 5.41) is 4.60. The molecular formula is C18H16BrNO. The largest absolute Gasteiger partial charge is 0.302 e. The molecule has 106 valence electrons. The molecule has 0 aliphatic carbocycles. The van der Waals surface area contributed by atoms with E-state index in [1.54, 1.807) is 0 Å². The van der Waals surface area contributed by atoms with E-state index in [4.69, 9.17) is 0 Å². The second-order valence-electron chi connectivity index (χ2n) is 5.50. The Labute approximate surface area is 132 Å². The van der Waals surface area contributed by atoms with E-state index in [0.29, 0.717) is 6.54 Å². The summed E-state index contributed by atoms with van der Waals surface area (Å²) >= 11 is 3.62. The number of halogens is 1. The maximum atomic E-state index is 12.3. The predicted molar refractivity (Wildman–Crippen MR) is 92.0 cm³/mol. The van der Waals surface area contributed by atoms with Crippen LogP contribution in [0.3, 0.4) is 0 Å². The van der Waals surface area contributed by atoms with Crippen molar-refractivity contribution in [2.24, 2.45) is 0 Å². The number of rotatable bonds is 3. The summed E-state index contributed by atoms with van der Waals surface area (Å²) in [6.07, 6.45) is 0. The van der Waals surface area contributed by atoms with Gasteiger partial charge in [0.1, 0.15) is 0 Å². The van der Waals surface area contributed by atoms with E-state index < -0.39 is 0 Å². The van der Waals surface area contributed by atoms with Crippen LogP contribution in [-0.2, 0) is 0 Å². The van der Waals surface area contributed by atoms with E-state index in [0.717, 1.165) is 20.8 Å². The minimum Gasteiger partial charge on any atom is -0.302 e. The smallest absolute Gasteiger partial charge is 0.176 e. The minimum atomic E-state index is 0.147. The molecule has 0 atom stereocenters. The van der Waals surface area contributed by atoms with E-state index in [9.17, 15) is 4.79 Å². The van der Waals surface area contributed by atoms with Crippen LogP contribution in [0.4, 0.5) is 0 Å². The summed E-state index contributed by atoms with van der Waals surface area (Å²) in [4.78, 5) is 14.1. The van der Waals surface area contributed by atoms with Crippen LogP contribution in [0.25, 0.3) is 21.5 Å². The van der Waals surface area contributed by atoms with Gasteiger partial charge in [0.25, 0.3) is 0 Å². The Kier molecular flexibility index (Phi) is 3.79. The number of likely N-dealkylation sites (N-methyl/N-ethyl adjacent to an activating group) is 1. The van der Waals surface area contributed by atoms with Crippen molar-refractivity contribution in [1.29, 1.82) is 0 Å². The van der Waals surface area contributed by atoms with Gasteiger partial charge in [0.2, 0.25) is 0 Å². The number of fused-ring (bicyclic) bond motifs is 3. The van der Waals surface area contributed by atoms with E-state index >= 15 is 0 Å². The number of ketones is 1. The molecule has 0 aliphatic rings. The molecule has 0 unspecified atom stereocenters. The number of benzene rings is 3. The molecule has 21 heavy (non-hydrogen) atoms. The van der Waals surface area contributed by atoms with Crippen molar-refractivity contribution in [3.8, 4) is 0 Å². The van der Waals surface area contributed by atoms with Crippen molar-refractivity contribution >= 4 is 43.3 Å². The van der Waals surface area contributed by atoms with Crippen LogP contribution < -0.4 is 0 Å². The zero-order chi connectivity index (χ0) is 15.0. The third-order valence-corrected chi connectivity index (χ3v) is 4.25. The second kappa shape index (κ2) is 5.58. The van der Waals surface area contributed by atoms with Gasteiger partial charge in [0.15, 0.2) is 5.78 Å². The standard InChI is InChI=1S/C18H16BrNO/c1-20(2)11-18(21)13-8-7-12-10-17(19)15-6-4-3-5-14(15)16(12)9-13/h3-10H,11H2,1-2H3. The molecule has 3 rings (SSSR count). The SMILES string of the molecule is CN(C)CC(=O)c1ccc2cc(Br)c3ccccc3c2c1. The summed E-state index contributed by atoms with van der Waals surface area (Å²) in [6, 6.07) is 16.3. The number of hydrogen-bond donors (Lipinski definition) is 0. The maximum absolute atomic E-state index is 12.3. The fraction of sp³-hybridized carbons (Fsp3) is 0.167. The Hall–Kier alpha value is -1.71. The lowest BCUT2D eigenvalue weighted by molar-refractivity contribution is 0.0958. The zero-order valence-corrected chi connectivity index (χ0v) is 13.6. The van der Waals surface area contributed by atoms with E-state index in [-0.39, 0.29) is 5.78 Å². The lowest BCUT2D eigenvalue weighted by Gasteiger charge is -2.11. The monoisotopic (exact) mass is 341 g/mol. The molecule has 0 bridgehead atoms. The summed E-state index contributed by atoms with van der Waals surface area (Å²) in [6.45, 7) is 0.431. The van der Waals surface area contributed by atoms with E-state index in [1.807, 2.05) is 49.3 Å². The Bertz CT molecular complexity index is 839. The number of carbonyl (C=O) groups is 1. The highest BCUT2D eigenvalue weighted by atomic mass is 79.9. The van der Waals surface area contributed by atoms with Crippen LogP contribution in [-0.4, -0.2) is 31.3 Å². The van der Waals surface area contributed by atoms with Crippen LogP contribution in [0, 0.1) is 0 Å². The van der Waals surface area contributed by atoms with Crippen molar-refractivity contribution in [1.82, 2.24) is 4.90 Å². The zero-order valence-electron chi connectivity index (χ0n) is 12.1. The Morgan fingerprint density at radius 2 is 1.71 bits per heavy atom. The molecule has 0 saturated heterocycles. The highest BCUT2D eigenvalue weighted by Crippen LogP contribution is 2.32. The molecule has 0 amide bonds. The Balaban J connectivity index is 2.23. The fourth-order valence-electron chi connectivity index (χ4n) is 2.61. The molecule has 3 aromatic rings. The van der Waals surface area contributed by atoms with Gasteiger partial charge < -0.3 is 4.90 Å². The highest BCUT2D eigenvalue weighted by Gasteiger charge is 2.10. The van der Waals surface area contributed by atoms with Gasteiger partial charge in [-0.2, -0.15) is 0 Å². The molecule has 0 spiro atoms. The van der Waals surface area contributed by atoms with Gasteiger partial charge >= 0.3 is 0 Å². The van der Waals surface area contributed by atoms with Gasteiger partial charge in [-0.05, 0) is 47.8 Å². The molecule has 0 fully saturated rings. The van der Waals surface area contributed by atoms with Gasteiger partial charge in [-0.15, -0.1) is 0 Å². The number of nitrogens with zero attached hydrogens (tertiary/aromatic N) is 1. The van der Waals surface area contributed by atoms with Gasteiger partial charge in [-0.25, -0.2) is 0 Å². The third-order valence-electron chi connectivity index (χ3n) is 3.59. The minimum absolute atomic E-state index is 0.147. The number of Topliss-reactive ketones (excluding diaryl/α,β-unsaturated/α-hetero) is 1. The first-order valence-electron chi connectivity index (χ1n) is 6.85. The van der Waals surface area contributed by atoms with Crippen LogP contribution in [0.15, 0.2) is 53.0 Å². The maximum Gasteiger partial charge on any atom is 0.176 e. The summed E-state index contributed by atoms with van der Waals surface area (Å²) in [5.41, 5.74) is 0.767. The first-order valence-corrected chi connectivity index (χ1v) is 7.64. The summed E-state index contributed by atoms with van der Waals surface area (Å²) in [5.74, 6) is 0.147. The third kappa shape index (κ3) is 2.71. The molecule has 2 nitrogen and oxygen atoms in total. The molecule has 0 radical (unpaired) electrons. The van der Waals surface area contributed by atoms with E-state index in [2.05, 4.69) is 34.1 Å². The molecule has 0 aromatic heterocycles. The number of carbonyl (C=O) groups excluding carboxylic acids is 1. The average molecular weight is 342 g/mol. The topological polar surface area (TPSA) is 20.3 Å². The summed E-state index contributed by atoms with van der Waals surface area (Å²) in [7, 11) is 3.82. The lowest BCUT2D eigenvalue weighted by Crippen LogP contribution is -2.21.